The van der Waals surface area contributed by atoms with E-state index in [0.29, 0.717) is 50.9 Å². The number of carbonyl (C=O) groups is 4. The lowest BCUT2D eigenvalue weighted by Gasteiger charge is -2.24. The van der Waals surface area contributed by atoms with Crippen molar-refractivity contribution in [3.63, 3.8) is 0 Å². The monoisotopic (exact) mass is 498 g/mol. The molecule has 0 saturated carbocycles. The van der Waals surface area contributed by atoms with Crippen LogP contribution in [-0.4, -0.2) is 87.7 Å². The topological polar surface area (TPSA) is 252 Å². The minimum atomic E-state index is -1.36. The standard InChI is InChI=1S/C21H38N8O6/c22-7-3-1-5-14(24)18(31)29-17(11-30)20(33)28-16(9-13-10-25-12-26-13)19(32)27-15(21(34)35)6-2-4-8-23/h10,12,14-17,30H,1-9,11,22-24H2,(H,25,26)(H,27,32)(H,28,33)(H,29,31)(H,34,35). The number of aromatic nitrogens is 2. The lowest BCUT2D eigenvalue weighted by Crippen LogP contribution is -2.58. The number of hydrogen-bond acceptors (Lipinski definition) is 9. The molecule has 0 aliphatic rings. The average Bonchev–Trinajstić information content (AvgIpc) is 3.34. The third kappa shape index (κ3) is 11.3. The molecule has 0 aliphatic carbocycles. The van der Waals surface area contributed by atoms with Crippen LogP contribution in [0, 0.1) is 0 Å². The summed E-state index contributed by atoms with van der Waals surface area (Å²) < 4.78 is 0. The molecule has 1 aromatic heterocycles. The number of carboxylic acid groups (broad SMARTS) is 1. The molecule has 0 fully saturated rings. The Hall–Kier alpha value is -3.07. The summed E-state index contributed by atoms with van der Waals surface area (Å²) in [7, 11) is 0. The first kappa shape index (κ1) is 30.0. The molecule has 1 rings (SSSR count). The predicted molar refractivity (Wildman–Crippen MR) is 127 cm³/mol. The van der Waals surface area contributed by atoms with Crippen LogP contribution < -0.4 is 33.2 Å². The molecule has 12 N–H and O–H groups in total. The Kier molecular flexibility index (Phi) is 14.2. The Morgan fingerprint density at radius 1 is 0.886 bits per heavy atom. The minimum absolute atomic E-state index is 0.0303. The Morgan fingerprint density at radius 3 is 2.00 bits per heavy atom. The second kappa shape index (κ2) is 16.5. The first-order valence-corrected chi connectivity index (χ1v) is 11.6. The zero-order valence-corrected chi connectivity index (χ0v) is 19.7. The van der Waals surface area contributed by atoms with Crippen molar-refractivity contribution in [2.75, 3.05) is 19.7 Å². The second-order valence-corrected chi connectivity index (χ2v) is 8.16. The van der Waals surface area contributed by atoms with E-state index in [2.05, 4.69) is 25.9 Å². The summed E-state index contributed by atoms with van der Waals surface area (Å²) in [5.41, 5.74) is 17.2. The molecule has 3 amide bonds. The van der Waals surface area contributed by atoms with Crippen LogP contribution in [0.3, 0.4) is 0 Å². The van der Waals surface area contributed by atoms with Gasteiger partial charge in [-0.05, 0) is 45.2 Å². The van der Waals surface area contributed by atoms with Gasteiger partial charge in [0.15, 0.2) is 0 Å². The molecule has 198 valence electrons. The number of carbonyl (C=O) groups excluding carboxylic acids is 3. The number of nitrogens with one attached hydrogen (secondary N) is 4. The number of hydrogen-bond donors (Lipinski definition) is 9. The molecule has 0 saturated heterocycles. The van der Waals surface area contributed by atoms with Gasteiger partial charge in [0.25, 0.3) is 0 Å². The fourth-order valence-electron chi connectivity index (χ4n) is 3.23. The highest BCUT2D eigenvalue weighted by Crippen LogP contribution is 2.05. The van der Waals surface area contributed by atoms with Gasteiger partial charge in [-0.2, -0.15) is 0 Å². The van der Waals surface area contributed by atoms with Gasteiger partial charge in [0.1, 0.15) is 18.1 Å². The number of aliphatic carboxylic acids is 1. The number of aliphatic hydroxyl groups is 1. The maximum atomic E-state index is 12.9. The Balaban J connectivity index is 2.87. The van der Waals surface area contributed by atoms with Gasteiger partial charge in [0.2, 0.25) is 17.7 Å². The van der Waals surface area contributed by atoms with E-state index in [9.17, 15) is 29.4 Å². The van der Waals surface area contributed by atoms with Gasteiger partial charge in [-0.1, -0.05) is 6.42 Å². The summed E-state index contributed by atoms with van der Waals surface area (Å²) >= 11 is 0. The van der Waals surface area contributed by atoms with Gasteiger partial charge in [-0.25, -0.2) is 9.78 Å². The van der Waals surface area contributed by atoms with E-state index in [4.69, 9.17) is 17.2 Å². The lowest BCUT2D eigenvalue weighted by atomic mass is 10.1. The van der Waals surface area contributed by atoms with E-state index < -0.39 is 54.5 Å². The number of H-pyrrole nitrogens is 1. The fourth-order valence-corrected chi connectivity index (χ4v) is 3.23. The van der Waals surface area contributed by atoms with Gasteiger partial charge >= 0.3 is 5.97 Å². The van der Waals surface area contributed by atoms with Gasteiger partial charge in [0, 0.05) is 18.3 Å². The highest BCUT2D eigenvalue weighted by molar-refractivity contribution is 5.94. The molecule has 0 aromatic carbocycles. The summed E-state index contributed by atoms with van der Waals surface area (Å²) in [6, 6.07) is -4.63. The highest BCUT2D eigenvalue weighted by Gasteiger charge is 2.30. The van der Waals surface area contributed by atoms with E-state index in [-0.39, 0.29) is 12.8 Å². The van der Waals surface area contributed by atoms with Crippen LogP contribution in [-0.2, 0) is 25.6 Å². The Labute approximate surface area is 203 Å². The van der Waals surface area contributed by atoms with Crippen LogP contribution in [0.4, 0.5) is 0 Å². The highest BCUT2D eigenvalue weighted by atomic mass is 16.4. The molecule has 4 unspecified atom stereocenters. The number of carboxylic acids is 1. The number of aromatic amines is 1. The number of amides is 3. The van der Waals surface area contributed by atoms with Crippen molar-refractivity contribution in [2.45, 2.75) is 69.1 Å². The first-order chi connectivity index (χ1) is 16.7. The maximum absolute atomic E-state index is 12.9. The van der Waals surface area contributed by atoms with E-state index in [0.717, 1.165) is 0 Å². The van der Waals surface area contributed by atoms with E-state index in [1.54, 1.807) is 0 Å². The molecule has 1 heterocycles. The number of nitrogens with two attached hydrogens (primary N) is 3. The van der Waals surface area contributed by atoms with Crippen LogP contribution in [0.25, 0.3) is 0 Å². The molecule has 1 aromatic rings. The Morgan fingerprint density at radius 2 is 1.46 bits per heavy atom. The predicted octanol–water partition coefficient (Wildman–Crippen LogP) is -2.93. The largest absolute Gasteiger partial charge is 0.480 e. The Bertz CT molecular complexity index is 791. The molecule has 0 bridgehead atoms. The van der Waals surface area contributed by atoms with Gasteiger partial charge < -0.3 is 48.3 Å². The molecule has 35 heavy (non-hydrogen) atoms. The first-order valence-electron chi connectivity index (χ1n) is 11.6. The normalized spacial score (nSPS) is 14.4. The summed E-state index contributed by atoms with van der Waals surface area (Å²) in [6.07, 6.45) is 5.75. The smallest absolute Gasteiger partial charge is 0.326 e. The van der Waals surface area contributed by atoms with Crippen LogP contribution in [0.2, 0.25) is 0 Å². The zero-order chi connectivity index (χ0) is 26.2. The van der Waals surface area contributed by atoms with Gasteiger partial charge in [-0.3, -0.25) is 14.4 Å². The molecule has 14 nitrogen and oxygen atoms in total. The van der Waals surface area contributed by atoms with Crippen molar-refractivity contribution in [3.05, 3.63) is 18.2 Å². The third-order valence-electron chi connectivity index (χ3n) is 5.29. The molecule has 4 atom stereocenters. The summed E-state index contributed by atoms with van der Waals surface area (Å²) in [4.78, 5) is 56.3. The number of nitrogens with zero attached hydrogens (tertiary/aromatic N) is 1. The van der Waals surface area contributed by atoms with Gasteiger partial charge in [-0.15, -0.1) is 0 Å². The molecule has 0 spiro atoms. The summed E-state index contributed by atoms with van der Waals surface area (Å²) in [5.74, 6) is -3.41. The SMILES string of the molecule is NCCCCC(N)C(=O)NC(CO)C(=O)NC(Cc1cnc[nH]1)C(=O)NC(CCCCN)C(=O)O. The number of imidazole rings is 1. The van der Waals surface area contributed by atoms with Crippen molar-refractivity contribution < 1.29 is 29.4 Å². The second-order valence-electron chi connectivity index (χ2n) is 8.16. The van der Waals surface area contributed by atoms with Crippen molar-refractivity contribution in [1.29, 1.82) is 0 Å². The lowest BCUT2D eigenvalue weighted by molar-refractivity contribution is -0.142. The zero-order valence-electron chi connectivity index (χ0n) is 19.7. The summed E-state index contributed by atoms with van der Waals surface area (Å²) in [6.45, 7) is 0.123. The molecule has 14 heteroatoms. The summed E-state index contributed by atoms with van der Waals surface area (Å²) in [5, 5.41) is 26.4. The fraction of sp³-hybridized carbons (Fsp3) is 0.667. The van der Waals surface area contributed by atoms with Crippen LogP contribution >= 0.6 is 0 Å². The van der Waals surface area contributed by atoms with Crippen LogP contribution in [0.5, 0.6) is 0 Å². The van der Waals surface area contributed by atoms with Gasteiger partial charge in [0.05, 0.1) is 19.0 Å². The number of rotatable bonds is 18. The van der Waals surface area contributed by atoms with Crippen molar-refractivity contribution in [1.82, 2.24) is 25.9 Å². The minimum Gasteiger partial charge on any atom is -0.480 e. The average molecular weight is 499 g/mol. The molecular formula is C21H38N8O6. The van der Waals surface area contributed by atoms with Crippen molar-refractivity contribution in [2.24, 2.45) is 17.2 Å². The van der Waals surface area contributed by atoms with E-state index in [1.807, 2.05) is 0 Å². The number of unbranched alkanes of at least 4 members (excludes halogenated alkanes) is 2. The van der Waals surface area contributed by atoms with E-state index >= 15 is 0 Å². The maximum Gasteiger partial charge on any atom is 0.326 e. The van der Waals surface area contributed by atoms with Crippen molar-refractivity contribution in [3.8, 4) is 0 Å². The van der Waals surface area contributed by atoms with Crippen LogP contribution in [0.15, 0.2) is 12.5 Å². The van der Waals surface area contributed by atoms with E-state index in [1.165, 1.54) is 12.5 Å². The van der Waals surface area contributed by atoms with Crippen LogP contribution in [0.1, 0.15) is 44.2 Å². The molecule has 0 radical (unpaired) electrons. The third-order valence-corrected chi connectivity index (χ3v) is 5.29. The quantitative estimate of drug-likeness (QED) is 0.0931. The van der Waals surface area contributed by atoms with Crippen molar-refractivity contribution >= 4 is 23.7 Å². The number of aliphatic hydroxyl groups excluding tert-OH is 1. The molecule has 0 aliphatic heterocycles. The molecular weight excluding hydrogens is 460 g/mol.